The van der Waals surface area contributed by atoms with Gasteiger partial charge in [0, 0.05) is 28.9 Å². The summed E-state index contributed by atoms with van der Waals surface area (Å²) >= 11 is 0. The summed E-state index contributed by atoms with van der Waals surface area (Å²) in [7, 11) is -0.607. The molecule has 80 valence electrons. The molecule has 0 aliphatic heterocycles. The molecule has 0 bridgehead atoms. The maximum absolute atomic E-state index is 11.4. The van der Waals surface area contributed by atoms with E-state index in [-0.39, 0.29) is 0 Å². The average molecular weight is 205 g/mol. The molecule has 0 fully saturated rings. The van der Waals surface area contributed by atoms with E-state index in [1.54, 1.807) is 0 Å². The van der Waals surface area contributed by atoms with E-state index < -0.39 is 10.8 Å². The lowest BCUT2D eigenvalue weighted by Crippen LogP contribution is -2.22. The first-order chi connectivity index (χ1) is 6.16. The van der Waals surface area contributed by atoms with Crippen molar-refractivity contribution < 1.29 is 4.21 Å². The molecule has 0 spiro atoms. The normalized spacial score (nSPS) is 13.5. The molecule has 1 N–H and O–H groups in total. The van der Waals surface area contributed by atoms with E-state index in [1.807, 2.05) is 0 Å². The second kappa shape index (κ2) is 8.70. The van der Waals surface area contributed by atoms with Gasteiger partial charge in [0.05, 0.1) is 0 Å². The summed E-state index contributed by atoms with van der Waals surface area (Å²) in [6.07, 6.45) is 2.24. The second-order valence-corrected chi connectivity index (χ2v) is 5.48. The van der Waals surface area contributed by atoms with E-state index in [4.69, 9.17) is 0 Å². The van der Waals surface area contributed by atoms with E-state index in [2.05, 4.69) is 26.1 Å². The van der Waals surface area contributed by atoms with Crippen molar-refractivity contribution in [1.82, 2.24) is 5.32 Å². The zero-order valence-corrected chi connectivity index (χ0v) is 9.95. The Morgan fingerprint density at radius 2 is 1.92 bits per heavy atom. The molecule has 0 saturated heterocycles. The van der Waals surface area contributed by atoms with Crippen molar-refractivity contribution in [2.45, 2.75) is 33.6 Å². The van der Waals surface area contributed by atoms with Gasteiger partial charge < -0.3 is 5.32 Å². The average Bonchev–Trinajstić information content (AvgIpc) is 2.09. The Bertz CT molecular complexity index is 137. The van der Waals surface area contributed by atoms with Crippen LogP contribution < -0.4 is 5.32 Å². The Morgan fingerprint density at radius 1 is 1.23 bits per heavy atom. The van der Waals surface area contributed by atoms with Gasteiger partial charge in [0.15, 0.2) is 0 Å². The smallest absolute Gasteiger partial charge is 0.0360 e. The fourth-order valence-electron chi connectivity index (χ4n) is 0.957. The third-order valence-electron chi connectivity index (χ3n) is 1.86. The first-order valence-corrected chi connectivity index (χ1v) is 6.71. The highest BCUT2D eigenvalue weighted by atomic mass is 32.2. The van der Waals surface area contributed by atoms with E-state index in [0.29, 0.717) is 5.92 Å². The number of nitrogens with one attached hydrogen (secondary N) is 1. The second-order valence-electron chi connectivity index (χ2n) is 3.78. The van der Waals surface area contributed by atoms with E-state index >= 15 is 0 Å². The monoisotopic (exact) mass is 205 g/mol. The van der Waals surface area contributed by atoms with Gasteiger partial charge in [-0.2, -0.15) is 0 Å². The molecule has 0 aliphatic carbocycles. The maximum Gasteiger partial charge on any atom is 0.0360 e. The van der Waals surface area contributed by atoms with Crippen molar-refractivity contribution in [2.75, 3.05) is 24.6 Å². The Balaban J connectivity index is 3.20. The molecule has 0 saturated carbocycles. The van der Waals surface area contributed by atoms with Crippen molar-refractivity contribution in [3.05, 3.63) is 0 Å². The summed E-state index contributed by atoms with van der Waals surface area (Å²) < 4.78 is 11.4. The van der Waals surface area contributed by atoms with Crippen LogP contribution in [0.4, 0.5) is 0 Å². The number of rotatable bonds is 8. The molecule has 0 amide bonds. The molecule has 1 atom stereocenters. The Morgan fingerprint density at radius 3 is 2.46 bits per heavy atom. The van der Waals surface area contributed by atoms with Gasteiger partial charge in [0.1, 0.15) is 0 Å². The highest BCUT2D eigenvalue weighted by Gasteiger charge is 2.00. The van der Waals surface area contributed by atoms with Crippen LogP contribution in [0.15, 0.2) is 0 Å². The maximum atomic E-state index is 11.4. The number of hydrogen-bond acceptors (Lipinski definition) is 2. The Kier molecular flexibility index (Phi) is 8.77. The summed E-state index contributed by atoms with van der Waals surface area (Å²) in [5.74, 6) is 2.35. The molecule has 0 aromatic carbocycles. The summed E-state index contributed by atoms with van der Waals surface area (Å²) in [6.45, 7) is 8.43. The molecule has 1 unspecified atom stereocenters. The summed E-state index contributed by atoms with van der Waals surface area (Å²) in [6, 6.07) is 0. The zero-order valence-electron chi connectivity index (χ0n) is 9.14. The van der Waals surface area contributed by atoms with Gasteiger partial charge in [-0.15, -0.1) is 0 Å². The molecule has 0 aromatic rings. The molecule has 2 nitrogen and oxygen atoms in total. The SMILES string of the molecule is CCCNCCS(=O)CCC(C)C. The molecule has 0 radical (unpaired) electrons. The van der Waals surface area contributed by atoms with Crippen LogP contribution in [0.3, 0.4) is 0 Å². The third kappa shape index (κ3) is 10.0. The van der Waals surface area contributed by atoms with Crippen molar-refractivity contribution in [3.63, 3.8) is 0 Å². The van der Waals surface area contributed by atoms with Gasteiger partial charge in [0.2, 0.25) is 0 Å². The van der Waals surface area contributed by atoms with Crippen LogP contribution in [-0.2, 0) is 10.8 Å². The van der Waals surface area contributed by atoms with Crippen LogP contribution in [0.1, 0.15) is 33.6 Å². The van der Waals surface area contributed by atoms with Gasteiger partial charge in [-0.05, 0) is 25.3 Å². The molecule has 0 aromatic heterocycles. The van der Waals surface area contributed by atoms with Crippen molar-refractivity contribution in [1.29, 1.82) is 0 Å². The molecule has 13 heavy (non-hydrogen) atoms. The standard InChI is InChI=1S/C10H23NOS/c1-4-6-11-7-9-13(12)8-5-10(2)3/h10-11H,4-9H2,1-3H3. The van der Waals surface area contributed by atoms with Gasteiger partial charge in [-0.1, -0.05) is 20.8 Å². The third-order valence-corrected chi connectivity index (χ3v) is 3.21. The predicted octanol–water partition coefficient (Wildman–Crippen LogP) is 1.78. The van der Waals surface area contributed by atoms with Gasteiger partial charge in [0.25, 0.3) is 0 Å². The van der Waals surface area contributed by atoms with E-state index in [0.717, 1.165) is 37.4 Å². The fourth-order valence-corrected chi connectivity index (χ4v) is 2.27. The number of hydrogen-bond donors (Lipinski definition) is 1. The lowest BCUT2D eigenvalue weighted by atomic mass is 10.2. The molecular formula is C10H23NOS. The molecule has 0 rings (SSSR count). The predicted molar refractivity (Wildman–Crippen MR) is 60.5 cm³/mol. The lowest BCUT2D eigenvalue weighted by molar-refractivity contribution is 0.617. The topological polar surface area (TPSA) is 29.1 Å². The largest absolute Gasteiger partial charge is 0.316 e. The highest BCUT2D eigenvalue weighted by molar-refractivity contribution is 7.84. The molecule has 0 aliphatic rings. The van der Waals surface area contributed by atoms with Crippen LogP contribution in [-0.4, -0.2) is 28.8 Å². The quantitative estimate of drug-likeness (QED) is 0.612. The minimum Gasteiger partial charge on any atom is -0.316 e. The molecular weight excluding hydrogens is 182 g/mol. The van der Waals surface area contributed by atoms with Crippen LogP contribution in [0.25, 0.3) is 0 Å². The van der Waals surface area contributed by atoms with Crippen LogP contribution >= 0.6 is 0 Å². The summed E-state index contributed by atoms with van der Waals surface area (Å²) in [4.78, 5) is 0. The molecule has 0 heterocycles. The highest BCUT2D eigenvalue weighted by Crippen LogP contribution is 2.00. The molecule has 3 heteroatoms. The fraction of sp³-hybridized carbons (Fsp3) is 1.00. The van der Waals surface area contributed by atoms with Crippen molar-refractivity contribution in [2.24, 2.45) is 5.92 Å². The lowest BCUT2D eigenvalue weighted by Gasteiger charge is -2.05. The Hall–Kier alpha value is 0.110. The minimum absolute atomic E-state index is 0.607. The first-order valence-electron chi connectivity index (χ1n) is 5.22. The van der Waals surface area contributed by atoms with Gasteiger partial charge in [-0.25, -0.2) is 0 Å². The van der Waals surface area contributed by atoms with Crippen LogP contribution in [0.2, 0.25) is 0 Å². The van der Waals surface area contributed by atoms with Crippen molar-refractivity contribution in [3.8, 4) is 0 Å². The summed E-state index contributed by atoms with van der Waals surface area (Å²) in [5.41, 5.74) is 0. The van der Waals surface area contributed by atoms with Gasteiger partial charge in [-0.3, -0.25) is 4.21 Å². The van der Waals surface area contributed by atoms with Gasteiger partial charge >= 0.3 is 0 Å². The minimum atomic E-state index is -0.607. The van der Waals surface area contributed by atoms with Crippen molar-refractivity contribution >= 4 is 10.8 Å². The summed E-state index contributed by atoms with van der Waals surface area (Å²) in [5, 5.41) is 3.26. The van der Waals surface area contributed by atoms with E-state index in [9.17, 15) is 4.21 Å². The van der Waals surface area contributed by atoms with Crippen LogP contribution in [0, 0.1) is 5.92 Å². The Labute approximate surface area is 84.9 Å². The first kappa shape index (κ1) is 13.1. The van der Waals surface area contributed by atoms with E-state index in [1.165, 1.54) is 0 Å². The zero-order chi connectivity index (χ0) is 10.1. The van der Waals surface area contributed by atoms with Crippen LogP contribution in [0.5, 0.6) is 0 Å².